The second kappa shape index (κ2) is 7.67. The van der Waals surface area contributed by atoms with Crippen LogP contribution in [0.2, 0.25) is 0 Å². The van der Waals surface area contributed by atoms with Crippen LogP contribution in [0.1, 0.15) is 50.8 Å². The van der Waals surface area contributed by atoms with Crippen molar-refractivity contribution in [3.63, 3.8) is 0 Å². The molecule has 1 fully saturated rings. The fourth-order valence-electron chi connectivity index (χ4n) is 4.84. The minimum atomic E-state index is -0.561. The second-order valence-electron chi connectivity index (χ2n) is 9.50. The van der Waals surface area contributed by atoms with Crippen LogP contribution >= 0.6 is 21.6 Å². The van der Waals surface area contributed by atoms with Gasteiger partial charge in [0.25, 0.3) is 0 Å². The Bertz CT molecular complexity index is 706. The summed E-state index contributed by atoms with van der Waals surface area (Å²) in [5, 5.41) is 27.8. The quantitative estimate of drug-likeness (QED) is 0.706. The number of hydrogen-bond acceptors (Lipinski definition) is 6. The molecule has 28 heavy (non-hydrogen) atoms. The lowest BCUT2D eigenvalue weighted by Gasteiger charge is -2.34. The predicted molar refractivity (Wildman–Crippen MR) is 115 cm³/mol. The van der Waals surface area contributed by atoms with Crippen LogP contribution < -0.4 is 10.1 Å². The standard InChI is InChI=1S/C21H31N2O3S2/c1-20(2)8-16(21(3,4)23(20)25)9-22-10-17(24)19-6-13-5-14-11-27-28-12-15(14)7-18(13)26-19/h5,7,16-17,19,22,24H,6,8-12H2,1-4H3. The smallest absolute Gasteiger partial charge is 0.130 e. The second-order valence-corrected chi connectivity index (χ2v) is 12.0. The molecule has 1 aromatic carbocycles. The third-order valence-corrected chi connectivity index (χ3v) is 8.82. The van der Waals surface area contributed by atoms with Gasteiger partial charge in [0.15, 0.2) is 0 Å². The molecule has 4 rings (SSSR count). The normalized spacial score (nSPS) is 29.2. The van der Waals surface area contributed by atoms with Crippen LogP contribution in [-0.2, 0) is 23.1 Å². The number of hydroxylamine groups is 2. The summed E-state index contributed by atoms with van der Waals surface area (Å²) in [5.41, 5.74) is 3.27. The molecule has 0 bridgehead atoms. The Balaban J connectivity index is 1.31. The lowest BCUT2D eigenvalue weighted by atomic mass is 9.87. The van der Waals surface area contributed by atoms with Crippen molar-refractivity contribution in [2.24, 2.45) is 5.92 Å². The van der Waals surface area contributed by atoms with Crippen LogP contribution in [-0.4, -0.2) is 46.5 Å². The van der Waals surface area contributed by atoms with Crippen molar-refractivity contribution < 1.29 is 15.1 Å². The first-order valence-electron chi connectivity index (χ1n) is 10.1. The number of aliphatic hydroxyl groups excluding tert-OH is 1. The van der Waals surface area contributed by atoms with E-state index in [1.165, 1.54) is 21.8 Å². The molecule has 7 heteroatoms. The summed E-state index contributed by atoms with van der Waals surface area (Å²) < 4.78 is 6.08. The summed E-state index contributed by atoms with van der Waals surface area (Å²) in [5.74, 6) is 3.27. The summed E-state index contributed by atoms with van der Waals surface area (Å²) in [6, 6.07) is 4.44. The van der Waals surface area contributed by atoms with E-state index in [4.69, 9.17) is 4.74 Å². The van der Waals surface area contributed by atoms with Crippen LogP contribution in [0.4, 0.5) is 0 Å². The van der Waals surface area contributed by atoms with Gasteiger partial charge in [-0.05, 0) is 69.3 Å². The topological polar surface area (TPSA) is 64.6 Å². The summed E-state index contributed by atoms with van der Waals surface area (Å²) in [7, 11) is 3.79. The van der Waals surface area contributed by atoms with Crippen molar-refractivity contribution in [1.29, 1.82) is 0 Å². The van der Waals surface area contributed by atoms with Gasteiger partial charge in [0.05, 0.1) is 0 Å². The molecular weight excluding hydrogens is 392 g/mol. The Kier molecular flexibility index (Phi) is 5.70. The molecule has 5 nitrogen and oxygen atoms in total. The Morgan fingerprint density at radius 3 is 2.54 bits per heavy atom. The first-order valence-corrected chi connectivity index (χ1v) is 12.6. The molecule has 3 atom stereocenters. The Morgan fingerprint density at radius 2 is 1.89 bits per heavy atom. The summed E-state index contributed by atoms with van der Waals surface area (Å²) >= 11 is 0. The molecule has 0 aliphatic carbocycles. The number of benzene rings is 1. The maximum atomic E-state index is 12.5. The van der Waals surface area contributed by atoms with Gasteiger partial charge in [-0.25, -0.2) is 0 Å². The van der Waals surface area contributed by atoms with Gasteiger partial charge >= 0.3 is 0 Å². The zero-order chi connectivity index (χ0) is 20.1. The molecule has 3 heterocycles. The van der Waals surface area contributed by atoms with Crippen molar-refractivity contribution in [3.05, 3.63) is 28.8 Å². The number of hydrogen-bond donors (Lipinski definition) is 2. The number of ether oxygens (including phenoxy) is 1. The van der Waals surface area contributed by atoms with E-state index in [2.05, 4.69) is 17.4 Å². The molecule has 0 aromatic heterocycles. The van der Waals surface area contributed by atoms with Crippen molar-refractivity contribution in [2.75, 3.05) is 13.1 Å². The maximum absolute atomic E-state index is 12.5. The molecule has 0 saturated carbocycles. The highest BCUT2D eigenvalue weighted by Gasteiger charge is 2.52. The van der Waals surface area contributed by atoms with Gasteiger partial charge in [-0.1, -0.05) is 27.7 Å². The van der Waals surface area contributed by atoms with E-state index in [1.54, 1.807) is 0 Å². The molecule has 3 aliphatic heterocycles. The number of fused-ring (bicyclic) bond motifs is 2. The van der Waals surface area contributed by atoms with E-state index in [9.17, 15) is 10.3 Å². The van der Waals surface area contributed by atoms with Gasteiger partial charge in [-0.2, -0.15) is 0 Å². The fraction of sp³-hybridized carbons (Fsp3) is 0.714. The Labute approximate surface area is 175 Å². The van der Waals surface area contributed by atoms with Crippen molar-refractivity contribution >= 4 is 21.6 Å². The Hall–Kier alpha value is -0.440. The number of nitrogens with one attached hydrogen (secondary N) is 1. The summed E-state index contributed by atoms with van der Waals surface area (Å²) in [4.78, 5) is 0. The average molecular weight is 424 g/mol. The lowest BCUT2D eigenvalue weighted by molar-refractivity contribution is -0.248. The van der Waals surface area contributed by atoms with Crippen molar-refractivity contribution in [2.45, 2.75) is 75.3 Å². The summed E-state index contributed by atoms with van der Waals surface area (Å²) in [6.45, 7) is 9.28. The van der Waals surface area contributed by atoms with E-state index < -0.39 is 11.6 Å². The minimum Gasteiger partial charge on any atom is -0.487 e. The largest absolute Gasteiger partial charge is 0.487 e. The molecule has 3 aliphatic rings. The SMILES string of the molecule is CC1(C)CC(CNCC(O)C2Cc3cc4c(cc3O2)CSSC4)C(C)(C)N1[O]. The van der Waals surface area contributed by atoms with Gasteiger partial charge < -0.3 is 15.2 Å². The van der Waals surface area contributed by atoms with E-state index in [-0.39, 0.29) is 17.6 Å². The van der Waals surface area contributed by atoms with E-state index in [1.807, 2.05) is 49.3 Å². The Morgan fingerprint density at radius 1 is 1.21 bits per heavy atom. The molecule has 1 radical (unpaired) electrons. The van der Waals surface area contributed by atoms with Crippen molar-refractivity contribution in [1.82, 2.24) is 10.4 Å². The minimum absolute atomic E-state index is 0.198. The molecule has 3 unspecified atom stereocenters. The number of aliphatic hydroxyl groups is 1. The van der Waals surface area contributed by atoms with Crippen LogP contribution in [0.3, 0.4) is 0 Å². The highest BCUT2D eigenvalue weighted by atomic mass is 33.1. The highest BCUT2D eigenvalue weighted by Crippen LogP contribution is 2.44. The van der Waals surface area contributed by atoms with Gasteiger partial charge in [0, 0.05) is 35.5 Å². The average Bonchev–Trinajstić information content (AvgIpc) is 3.12. The highest BCUT2D eigenvalue weighted by molar-refractivity contribution is 8.76. The molecule has 155 valence electrons. The van der Waals surface area contributed by atoms with E-state index in [0.29, 0.717) is 6.54 Å². The molecule has 1 saturated heterocycles. The van der Waals surface area contributed by atoms with Crippen LogP contribution in [0.25, 0.3) is 0 Å². The van der Waals surface area contributed by atoms with Crippen LogP contribution in [0.15, 0.2) is 12.1 Å². The van der Waals surface area contributed by atoms with Gasteiger partial charge in [-0.3, -0.25) is 0 Å². The first kappa shape index (κ1) is 20.8. The van der Waals surface area contributed by atoms with Gasteiger partial charge in [0.2, 0.25) is 0 Å². The summed E-state index contributed by atoms with van der Waals surface area (Å²) in [6.07, 6.45) is 0.865. The molecule has 2 N–H and O–H groups in total. The molecule has 1 aromatic rings. The maximum Gasteiger partial charge on any atom is 0.130 e. The zero-order valence-electron chi connectivity index (χ0n) is 17.2. The number of nitrogens with zero attached hydrogens (tertiary/aromatic N) is 1. The van der Waals surface area contributed by atoms with Crippen molar-refractivity contribution in [3.8, 4) is 5.75 Å². The molecule has 0 spiro atoms. The molecule has 0 amide bonds. The van der Waals surface area contributed by atoms with Crippen LogP contribution in [0.5, 0.6) is 5.75 Å². The van der Waals surface area contributed by atoms with E-state index >= 15 is 0 Å². The van der Waals surface area contributed by atoms with Gasteiger partial charge in [-0.15, -0.1) is 10.3 Å². The third-order valence-electron chi connectivity index (χ3n) is 6.59. The first-order chi connectivity index (χ1) is 13.2. The lowest BCUT2D eigenvalue weighted by Crippen LogP contribution is -2.48. The third kappa shape index (κ3) is 3.82. The van der Waals surface area contributed by atoms with E-state index in [0.717, 1.165) is 36.6 Å². The predicted octanol–water partition coefficient (Wildman–Crippen LogP) is 3.56. The monoisotopic (exact) mass is 423 g/mol. The van der Waals surface area contributed by atoms with Crippen LogP contribution in [0, 0.1) is 5.92 Å². The number of rotatable bonds is 5. The fourth-order valence-corrected chi connectivity index (χ4v) is 7.06. The molecular formula is C21H31N2O3S2. The zero-order valence-corrected chi connectivity index (χ0v) is 18.8. The van der Waals surface area contributed by atoms with Gasteiger partial charge in [0.1, 0.15) is 18.0 Å².